The van der Waals surface area contributed by atoms with Gasteiger partial charge in [-0.05, 0) is 78.1 Å². The van der Waals surface area contributed by atoms with Gasteiger partial charge in [0.15, 0.2) is 0 Å². The van der Waals surface area contributed by atoms with E-state index >= 15 is 0 Å². The molecule has 9 heteroatoms. The number of carbonyl (C=O) groups excluding carboxylic acids is 1. The third-order valence-corrected chi connectivity index (χ3v) is 8.23. The van der Waals surface area contributed by atoms with Crippen molar-refractivity contribution in [2.45, 2.75) is 50.7 Å². The third kappa shape index (κ3) is 8.61. The van der Waals surface area contributed by atoms with E-state index in [0.717, 1.165) is 23.1 Å². The minimum atomic E-state index is -3.66. The highest BCUT2D eigenvalue weighted by atomic mass is 35.5. The van der Waals surface area contributed by atoms with Crippen molar-refractivity contribution in [3.63, 3.8) is 0 Å². The second-order valence-electron chi connectivity index (χ2n) is 8.64. The molecule has 3 aromatic rings. The molecule has 1 atom stereocenters. The molecule has 6 nitrogen and oxygen atoms in total. The molecule has 0 aliphatic rings. The van der Waals surface area contributed by atoms with Crippen molar-refractivity contribution in [2.24, 2.45) is 0 Å². The highest BCUT2D eigenvalue weighted by molar-refractivity contribution is 7.89. The highest BCUT2D eigenvalue weighted by Gasteiger charge is 2.19. The summed E-state index contributed by atoms with van der Waals surface area (Å²) in [6.45, 7) is 4.78. The molecule has 3 rings (SSSR count). The van der Waals surface area contributed by atoms with Crippen LogP contribution in [0.25, 0.3) is 0 Å². The van der Waals surface area contributed by atoms with Crippen LogP contribution in [0.3, 0.4) is 0 Å². The predicted molar refractivity (Wildman–Crippen MR) is 149 cm³/mol. The van der Waals surface area contributed by atoms with Gasteiger partial charge in [0.25, 0.3) is 0 Å². The minimum Gasteiger partial charge on any atom is -0.490 e. The molecule has 37 heavy (non-hydrogen) atoms. The van der Waals surface area contributed by atoms with Gasteiger partial charge in [-0.15, -0.1) is 6.42 Å². The number of hydrogen-bond acceptors (Lipinski definition) is 5. The summed E-state index contributed by atoms with van der Waals surface area (Å²) in [6, 6.07) is 14.0. The number of ether oxygens (including phenoxy) is 1. The van der Waals surface area contributed by atoms with Crippen LogP contribution >= 0.6 is 22.9 Å². The van der Waals surface area contributed by atoms with E-state index in [-0.39, 0.29) is 23.5 Å². The fraction of sp³-hybridized carbons (Fsp3) is 0.321. The van der Waals surface area contributed by atoms with Gasteiger partial charge in [0.05, 0.1) is 24.0 Å². The zero-order chi connectivity index (χ0) is 26.8. The Labute approximate surface area is 228 Å². The Morgan fingerprint density at radius 3 is 2.59 bits per heavy atom. The fourth-order valence-corrected chi connectivity index (χ4v) is 5.38. The lowest BCUT2D eigenvalue weighted by Crippen LogP contribution is -2.34. The number of benzene rings is 2. The maximum atomic E-state index is 13.3. The first-order chi connectivity index (χ1) is 17.7. The molecule has 0 fully saturated rings. The predicted octanol–water partition coefficient (Wildman–Crippen LogP) is 5.30. The van der Waals surface area contributed by atoms with Gasteiger partial charge in [-0.3, -0.25) is 4.79 Å². The first-order valence-corrected chi connectivity index (χ1v) is 14.8. The van der Waals surface area contributed by atoms with Gasteiger partial charge in [-0.1, -0.05) is 36.6 Å². The molecule has 0 radical (unpaired) electrons. The quantitative estimate of drug-likeness (QED) is 0.289. The summed E-state index contributed by atoms with van der Waals surface area (Å²) < 4.78 is 33.0. The standard InChI is InChI=1S/C28H31ClN2O4S2/c1-4-14-30-37(33,34)26-9-6-22(7-10-26)12-15-31(28(32)17-23-13-16-36-20-23)19-24-18-25(29)8-11-27(24)35-21(3)5-2/h1,6-11,13,16,18,20-21,30H,5,12,14-15,17,19H2,2-3H3. The second-order valence-corrected chi connectivity index (χ2v) is 11.6. The van der Waals surface area contributed by atoms with E-state index in [1.165, 1.54) is 0 Å². The first kappa shape index (κ1) is 28.7. The normalized spacial score (nSPS) is 12.1. The van der Waals surface area contributed by atoms with Gasteiger partial charge in [-0.25, -0.2) is 8.42 Å². The second kappa shape index (κ2) is 13.6. The lowest BCUT2D eigenvalue weighted by Gasteiger charge is -2.25. The Morgan fingerprint density at radius 1 is 1.19 bits per heavy atom. The van der Waals surface area contributed by atoms with Crippen LogP contribution in [0.5, 0.6) is 5.75 Å². The highest BCUT2D eigenvalue weighted by Crippen LogP contribution is 2.26. The van der Waals surface area contributed by atoms with E-state index in [1.54, 1.807) is 46.6 Å². The molecule has 0 saturated carbocycles. The number of sulfonamides is 1. The fourth-order valence-electron chi connectivity index (χ4n) is 3.58. The summed E-state index contributed by atoms with van der Waals surface area (Å²) in [7, 11) is -3.66. The number of nitrogens with zero attached hydrogens (tertiary/aromatic N) is 1. The Morgan fingerprint density at radius 2 is 1.95 bits per heavy atom. The van der Waals surface area contributed by atoms with Crippen LogP contribution in [0.15, 0.2) is 64.2 Å². The molecule has 1 N–H and O–H groups in total. The average molecular weight is 559 g/mol. The van der Waals surface area contributed by atoms with E-state index in [4.69, 9.17) is 22.8 Å². The van der Waals surface area contributed by atoms with Gasteiger partial charge < -0.3 is 9.64 Å². The van der Waals surface area contributed by atoms with E-state index < -0.39 is 10.0 Å². The van der Waals surface area contributed by atoms with Gasteiger partial charge in [-0.2, -0.15) is 16.1 Å². The lowest BCUT2D eigenvalue weighted by atomic mass is 10.1. The molecular formula is C28H31ClN2O4S2. The molecule has 1 heterocycles. The Bertz CT molecular complexity index is 1320. The summed E-state index contributed by atoms with van der Waals surface area (Å²) >= 11 is 7.85. The maximum Gasteiger partial charge on any atom is 0.241 e. The Kier molecular flexibility index (Phi) is 10.6. The molecule has 0 bridgehead atoms. The van der Waals surface area contributed by atoms with Crippen molar-refractivity contribution in [1.82, 2.24) is 9.62 Å². The zero-order valence-electron chi connectivity index (χ0n) is 20.9. The summed E-state index contributed by atoms with van der Waals surface area (Å²) in [4.78, 5) is 15.3. The molecule has 0 spiro atoms. The van der Waals surface area contributed by atoms with Crippen LogP contribution < -0.4 is 9.46 Å². The summed E-state index contributed by atoms with van der Waals surface area (Å²) in [5.74, 6) is 2.96. The van der Waals surface area contributed by atoms with Crippen LogP contribution in [0.1, 0.15) is 37.0 Å². The molecule has 1 amide bonds. The van der Waals surface area contributed by atoms with Crippen molar-refractivity contribution in [3.05, 3.63) is 81.0 Å². The van der Waals surface area contributed by atoms with Crippen molar-refractivity contribution >= 4 is 38.9 Å². The zero-order valence-corrected chi connectivity index (χ0v) is 23.3. The molecule has 1 aromatic heterocycles. The number of thiophene rings is 1. The van der Waals surface area contributed by atoms with Crippen LogP contribution in [0, 0.1) is 12.3 Å². The van der Waals surface area contributed by atoms with Crippen molar-refractivity contribution in [1.29, 1.82) is 0 Å². The number of halogens is 1. The van der Waals surface area contributed by atoms with E-state index in [1.807, 2.05) is 35.9 Å². The minimum absolute atomic E-state index is 0.00875. The van der Waals surface area contributed by atoms with Gasteiger partial charge >= 0.3 is 0 Å². The van der Waals surface area contributed by atoms with E-state index in [2.05, 4.69) is 17.6 Å². The van der Waals surface area contributed by atoms with Crippen LogP contribution in [-0.2, 0) is 34.2 Å². The van der Waals surface area contributed by atoms with Crippen LogP contribution in [0.2, 0.25) is 5.02 Å². The number of amides is 1. The molecule has 1 unspecified atom stereocenters. The molecule has 2 aromatic carbocycles. The number of hydrogen-bond donors (Lipinski definition) is 1. The summed E-state index contributed by atoms with van der Waals surface area (Å²) in [5.41, 5.74) is 2.72. The van der Waals surface area contributed by atoms with Gasteiger partial charge in [0, 0.05) is 23.7 Å². The van der Waals surface area contributed by atoms with E-state index in [9.17, 15) is 13.2 Å². The Hall–Kier alpha value is -2.83. The monoisotopic (exact) mass is 558 g/mol. The number of rotatable bonds is 13. The molecular weight excluding hydrogens is 528 g/mol. The number of terminal acetylenes is 1. The van der Waals surface area contributed by atoms with Gasteiger partial charge in [0.2, 0.25) is 15.9 Å². The topological polar surface area (TPSA) is 75.7 Å². The van der Waals surface area contributed by atoms with Crippen molar-refractivity contribution in [2.75, 3.05) is 13.1 Å². The first-order valence-electron chi connectivity index (χ1n) is 12.0. The molecule has 0 aliphatic carbocycles. The number of carbonyl (C=O) groups is 1. The SMILES string of the molecule is C#CCNS(=O)(=O)c1ccc(CCN(Cc2cc(Cl)ccc2OC(C)CC)C(=O)Cc2ccsc2)cc1. The largest absolute Gasteiger partial charge is 0.490 e. The molecule has 0 saturated heterocycles. The molecule has 0 aliphatic heterocycles. The third-order valence-electron chi connectivity index (χ3n) is 5.84. The van der Waals surface area contributed by atoms with Gasteiger partial charge in [0.1, 0.15) is 5.75 Å². The van der Waals surface area contributed by atoms with Crippen LogP contribution in [-0.4, -0.2) is 38.4 Å². The molecule has 196 valence electrons. The van der Waals surface area contributed by atoms with E-state index in [0.29, 0.717) is 36.7 Å². The van der Waals surface area contributed by atoms with Crippen LogP contribution in [0.4, 0.5) is 0 Å². The summed E-state index contributed by atoms with van der Waals surface area (Å²) in [6.07, 6.45) is 6.88. The average Bonchev–Trinajstić information content (AvgIpc) is 3.40. The summed E-state index contributed by atoms with van der Waals surface area (Å²) in [5, 5.41) is 4.50. The van der Waals surface area contributed by atoms with Crippen molar-refractivity contribution < 1.29 is 17.9 Å². The number of nitrogens with one attached hydrogen (secondary N) is 1. The maximum absolute atomic E-state index is 13.3. The lowest BCUT2D eigenvalue weighted by molar-refractivity contribution is -0.131. The smallest absolute Gasteiger partial charge is 0.241 e. The van der Waals surface area contributed by atoms with Crippen molar-refractivity contribution in [3.8, 4) is 18.1 Å². The Balaban J connectivity index is 1.79.